The Morgan fingerprint density at radius 2 is 1.05 bits per heavy atom. The van der Waals surface area contributed by atoms with Crippen molar-refractivity contribution in [2.75, 3.05) is 0 Å². The zero-order valence-electron chi connectivity index (χ0n) is 32.8. The van der Waals surface area contributed by atoms with Crippen LogP contribution in [0.3, 0.4) is 0 Å². The van der Waals surface area contributed by atoms with E-state index >= 15 is 0 Å². The van der Waals surface area contributed by atoms with Crippen molar-refractivity contribution in [2.45, 2.75) is 0 Å². The predicted octanol–water partition coefficient (Wildman–Crippen LogP) is 10.3. The summed E-state index contributed by atoms with van der Waals surface area (Å²) < 4.78 is 87.9. The number of hydrogen-bond donors (Lipinski definition) is 0. The summed E-state index contributed by atoms with van der Waals surface area (Å²) in [7, 11) is 0. The fourth-order valence-corrected chi connectivity index (χ4v) is 6.98. The van der Waals surface area contributed by atoms with Gasteiger partial charge in [0.1, 0.15) is 0 Å². The molecule has 0 fully saturated rings. The van der Waals surface area contributed by atoms with Gasteiger partial charge in [-0.25, -0.2) is 15.0 Å². The molecule has 206 valence electrons. The normalized spacial score (nSPS) is 14.8. The monoisotopic (exact) mass is 590 g/mol. The first kappa shape index (κ1) is 16.8. The Bertz CT molecular complexity index is 2880. The molecule has 9 rings (SSSR count). The minimum Gasteiger partial charge on any atom is -0.308 e. The van der Waals surface area contributed by atoms with Crippen LogP contribution in [0.5, 0.6) is 0 Å². The van der Waals surface area contributed by atoms with Crippen LogP contribution in [0.2, 0.25) is 0 Å². The third-order valence-corrected chi connectivity index (χ3v) is 8.83. The highest BCUT2D eigenvalue weighted by atomic mass is 32.1. The second-order valence-corrected chi connectivity index (χ2v) is 11.2. The molecule has 0 saturated carbocycles. The van der Waals surface area contributed by atoms with Crippen LogP contribution < -0.4 is 0 Å². The molecule has 0 aliphatic heterocycles. The van der Waals surface area contributed by atoms with Gasteiger partial charge < -0.3 is 4.57 Å². The summed E-state index contributed by atoms with van der Waals surface area (Å²) in [6.07, 6.45) is 0. The van der Waals surface area contributed by atoms with Gasteiger partial charge in [0.05, 0.1) is 35.1 Å². The first-order chi connectivity index (χ1) is 26.0. The molecule has 9 aromatic rings. The minimum absolute atomic E-state index is 0.0237. The Hall–Kier alpha value is -5.65. The van der Waals surface area contributed by atoms with E-state index in [9.17, 15) is 0 Å². The largest absolute Gasteiger partial charge is 0.308 e. The van der Waals surface area contributed by atoms with Crippen LogP contribution in [0.25, 0.3) is 81.8 Å². The van der Waals surface area contributed by atoms with Gasteiger partial charge >= 0.3 is 0 Å². The predicted molar refractivity (Wildman–Crippen MR) is 183 cm³/mol. The van der Waals surface area contributed by atoms with E-state index in [4.69, 9.17) is 13.7 Å². The third-order valence-electron chi connectivity index (χ3n) is 7.64. The Morgan fingerprint density at radius 1 is 0.500 bits per heavy atom. The molecule has 0 spiro atoms. The zero-order chi connectivity index (χ0) is 37.7. The molecule has 6 aromatic carbocycles. The van der Waals surface area contributed by atoms with Crippen molar-refractivity contribution in [3.8, 4) is 39.9 Å². The molecule has 0 atom stereocenters. The molecule has 0 aliphatic rings. The summed E-state index contributed by atoms with van der Waals surface area (Å²) >= 11 is 1.58. The summed E-state index contributed by atoms with van der Waals surface area (Å²) in [4.78, 5) is 13.6. The molecule has 0 amide bonds. The maximum Gasteiger partial charge on any atom is 0.164 e. The van der Waals surface area contributed by atoms with E-state index in [0.717, 1.165) is 47.7 Å². The number of para-hydroxylation sites is 2. The minimum atomic E-state index is -0.594. The number of aromatic nitrogens is 4. The van der Waals surface area contributed by atoms with Gasteiger partial charge in [-0.3, -0.25) is 0 Å². The first-order valence-electron chi connectivity index (χ1n) is 18.8. The molecule has 44 heavy (non-hydrogen) atoms. The van der Waals surface area contributed by atoms with Crippen LogP contribution in [0.1, 0.15) is 13.7 Å². The summed E-state index contributed by atoms with van der Waals surface area (Å²) in [5.74, 6) is -0.580. The van der Waals surface area contributed by atoms with E-state index in [1.165, 1.54) is 0 Å². The quantitative estimate of drug-likeness (QED) is 0.205. The highest BCUT2D eigenvalue weighted by Crippen LogP contribution is 2.41. The van der Waals surface area contributed by atoms with E-state index in [1.54, 1.807) is 17.4 Å². The summed E-state index contributed by atoms with van der Waals surface area (Å²) in [6.45, 7) is 0. The maximum absolute atomic E-state index is 8.62. The molecule has 4 nitrogen and oxygen atoms in total. The van der Waals surface area contributed by atoms with Crippen LogP contribution in [-0.4, -0.2) is 19.5 Å². The topological polar surface area (TPSA) is 43.6 Å². The molecule has 0 radical (unpaired) electrons. The second kappa shape index (κ2) is 9.97. The molecular formula is C39H24N4S. The van der Waals surface area contributed by atoms with Crippen molar-refractivity contribution < 1.29 is 13.7 Å². The number of nitrogens with zero attached hydrogens (tertiary/aromatic N) is 4. The molecule has 3 aromatic heterocycles. The highest BCUT2D eigenvalue weighted by molar-refractivity contribution is 7.26. The Balaban J connectivity index is 1.29. The molecule has 0 N–H and O–H groups in total. The lowest BCUT2D eigenvalue weighted by atomic mass is 10.1. The van der Waals surface area contributed by atoms with Crippen molar-refractivity contribution in [3.63, 3.8) is 0 Å². The van der Waals surface area contributed by atoms with Gasteiger partial charge in [0.25, 0.3) is 0 Å². The fraction of sp³-hybridized carbons (Fsp3) is 0. The first-order valence-corrected chi connectivity index (χ1v) is 14.6. The number of thiophene rings is 1. The molecule has 3 heterocycles. The SMILES string of the molecule is [2H]c1c([2H])c([2H])c(-c2nc(-c3ccc4c(c3)sc3c(-n5c6ccccc6c6ccccc65)cccc34)nc(-c3c([2H])c([2H])c([2H])c([2H])c3[2H])n2)c([2H])c1[2H]. The van der Waals surface area contributed by atoms with E-state index in [-0.39, 0.29) is 28.6 Å². The lowest BCUT2D eigenvalue weighted by Crippen LogP contribution is -1.99. The Morgan fingerprint density at radius 3 is 1.66 bits per heavy atom. The van der Waals surface area contributed by atoms with Crippen molar-refractivity contribution >= 4 is 53.3 Å². The standard InChI is InChI=1S/C39H24N4S/c1-3-12-25(13-4-1)37-40-38(26-14-5-2-6-15-26)42-39(41-37)27-22-23-30-31-18-11-21-34(36(31)44-35(30)24-27)43-32-19-9-7-16-28(32)29-17-8-10-20-33(29)43/h1-24H/i1D,2D,3D,4D,5D,6D,12D,13D,14D,15D. The molecule has 0 saturated heterocycles. The summed E-state index contributed by atoms with van der Waals surface area (Å²) in [6, 6.07) is 22.7. The van der Waals surface area contributed by atoms with Gasteiger partial charge in [-0.15, -0.1) is 11.3 Å². The number of hydrogen-bond acceptors (Lipinski definition) is 4. The highest BCUT2D eigenvalue weighted by Gasteiger charge is 2.17. The van der Waals surface area contributed by atoms with Crippen LogP contribution in [0.15, 0.2) is 145 Å². The second-order valence-electron chi connectivity index (χ2n) is 10.1. The van der Waals surface area contributed by atoms with Crippen molar-refractivity contribution in [3.05, 3.63) is 145 Å². The number of benzene rings is 6. The van der Waals surface area contributed by atoms with Gasteiger partial charge in [0.2, 0.25) is 0 Å². The third kappa shape index (κ3) is 3.94. The van der Waals surface area contributed by atoms with Crippen molar-refractivity contribution in [1.82, 2.24) is 19.5 Å². The molecule has 0 unspecified atom stereocenters. The van der Waals surface area contributed by atoms with Gasteiger partial charge in [-0.05, 0) is 24.3 Å². The van der Waals surface area contributed by atoms with Gasteiger partial charge in [0, 0.05) is 42.9 Å². The van der Waals surface area contributed by atoms with E-state index in [1.807, 2.05) is 42.5 Å². The number of fused-ring (bicyclic) bond motifs is 6. The van der Waals surface area contributed by atoms with E-state index in [0.29, 0.717) is 5.56 Å². The zero-order valence-corrected chi connectivity index (χ0v) is 23.6. The van der Waals surface area contributed by atoms with Gasteiger partial charge in [0.15, 0.2) is 17.5 Å². The Labute approximate surface area is 271 Å². The van der Waals surface area contributed by atoms with Crippen molar-refractivity contribution in [1.29, 1.82) is 0 Å². The van der Waals surface area contributed by atoms with Crippen LogP contribution in [0, 0.1) is 0 Å². The van der Waals surface area contributed by atoms with E-state index < -0.39 is 60.4 Å². The number of rotatable bonds is 4. The molecule has 0 bridgehead atoms. The van der Waals surface area contributed by atoms with Crippen LogP contribution in [-0.2, 0) is 0 Å². The summed E-state index contributed by atoms with van der Waals surface area (Å²) in [5.41, 5.74) is 3.04. The summed E-state index contributed by atoms with van der Waals surface area (Å²) in [5, 5.41) is 4.31. The molecule has 5 heteroatoms. The van der Waals surface area contributed by atoms with Gasteiger partial charge in [-0.2, -0.15) is 0 Å². The van der Waals surface area contributed by atoms with Gasteiger partial charge in [-0.1, -0.05) is 121 Å². The average Bonchev–Trinajstić information content (AvgIpc) is 3.73. The average molecular weight is 591 g/mol. The van der Waals surface area contributed by atoms with Crippen molar-refractivity contribution in [2.24, 2.45) is 0 Å². The fourth-order valence-electron chi connectivity index (χ4n) is 5.73. The maximum atomic E-state index is 8.62. The molecular weight excluding hydrogens is 557 g/mol. The molecule has 0 aliphatic carbocycles. The lowest BCUT2D eigenvalue weighted by Gasteiger charge is -2.09. The smallest absolute Gasteiger partial charge is 0.164 e. The van der Waals surface area contributed by atoms with Crippen LogP contribution >= 0.6 is 11.3 Å². The van der Waals surface area contributed by atoms with Crippen LogP contribution in [0.4, 0.5) is 0 Å². The Kier molecular flexibility index (Phi) is 3.82. The van der Waals surface area contributed by atoms with E-state index in [2.05, 4.69) is 55.9 Å². The lowest BCUT2D eigenvalue weighted by molar-refractivity contribution is 1.07.